The van der Waals surface area contributed by atoms with Crippen LogP contribution in [0.15, 0.2) is 216 Å². The van der Waals surface area contributed by atoms with E-state index in [2.05, 4.69) is 33.4 Å². The van der Waals surface area contributed by atoms with E-state index >= 15 is 0 Å². The fourth-order valence-electron chi connectivity index (χ4n) is 15.5. The summed E-state index contributed by atoms with van der Waals surface area (Å²) in [5.74, 6) is 1.05. The van der Waals surface area contributed by atoms with Crippen LogP contribution in [0.1, 0.15) is 77.5 Å². The number of piperazine rings is 3. The highest BCUT2D eigenvalue weighted by atomic mass is 35.5. The number of benzene rings is 10. The Balaban J connectivity index is 0.000000173. The van der Waals surface area contributed by atoms with Gasteiger partial charge in [0, 0.05) is 201 Å². The van der Waals surface area contributed by atoms with Gasteiger partial charge in [-0.3, -0.25) is 25.1 Å². The SMILES string of the molecule is CC(C)(O)C1CCN(S(=O)(=O)c2cc(C#N)ccc2Oc2cc(Cl)ccc2Cl)CC1.CC(C)N1CCCN(S(=O)(=O)c2cc(C#N)ccc2Oc2cc(Cl)ccc2Cl)CC1.CCN1CCN(S(=O)(=O)c2cc([N+](=O)[O-])ccc2Oc2cc(Cl)ccc2Cl)CC1.CCN1CCN(S(=O)(=O)c2cc([N+](=O)[O-])ccc2Sc2cc(Cl)ccc2Cl)CC1.CN1CCN(S(=O)(=O)c2cc(C#N)ccc2Oc2cc(Cl)ccc2Cl)CC1. The Hall–Kier alpha value is -8.73. The van der Waals surface area contributed by atoms with Crippen LogP contribution in [-0.4, -0.2) is 248 Å². The highest BCUT2D eigenvalue weighted by molar-refractivity contribution is 8.00. The van der Waals surface area contributed by atoms with Gasteiger partial charge < -0.3 is 38.8 Å². The summed E-state index contributed by atoms with van der Waals surface area (Å²) >= 11 is 62.0. The molecule has 0 saturated carbocycles. The van der Waals surface area contributed by atoms with E-state index in [1.807, 2.05) is 39.1 Å². The first-order valence-electron chi connectivity index (χ1n) is 44.9. The number of nitro benzene ring substituents is 2. The Bertz CT molecular complexity index is 6980. The number of hydrogen-bond acceptors (Lipinski definition) is 27. The van der Waals surface area contributed by atoms with E-state index in [1.165, 1.54) is 131 Å². The van der Waals surface area contributed by atoms with Gasteiger partial charge in [-0.2, -0.15) is 37.3 Å². The molecule has 774 valence electrons. The third-order valence-corrected chi connectivity index (χ3v) is 37.6. The number of ether oxygens (including phenoxy) is 4. The van der Waals surface area contributed by atoms with Crippen molar-refractivity contribution in [1.29, 1.82) is 15.8 Å². The second-order valence-corrected chi connectivity index (χ2v) is 48.9. The number of piperidine rings is 1. The average Bonchev–Trinajstić information content (AvgIpc) is 0.845. The van der Waals surface area contributed by atoms with Crippen molar-refractivity contribution in [2.24, 2.45) is 5.92 Å². The Kier molecular flexibility index (Phi) is 41.5. The average molecular weight is 2300 g/mol. The normalized spacial score (nSPS) is 16.1. The fourth-order valence-corrected chi connectivity index (χ4v) is 26.4. The molecule has 5 aliphatic rings. The van der Waals surface area contributed by atoms with Gasteiger partial charge in [0.05, 0.1) is 75.5 Å². The number of nitriles is 3. The van der Waals surface area contributed by atoms with Crippen LogP contribution < -0.4 is 18.9 Å². The molecule has 0 bridgehead atoms. The molecule has 10 aromatic carbocycles. The molecule has 15 rings (SSSR count). The molecule has 33 nitrogen and oxygen atoms in total. The van der Waals surface area contributed by atoms with Crippen LogP contribution in [0.3, 0.4) is 0 Å². The molecule has 5 aliphatic heterocycles. The molecular formula is C96H100Cl10N14O19S6. The molecule has 0 spiro atoms. The minimum Gasteiger partial charge on any atom is -0.454 e. The van der Waals surface area contributed by atoms with E-state index in [4.69, 9.17) is 135 Å². The molecule has 0 atom stereocenters. The van der Waals surface area contributed by atoms with Crippen molar-refractivity contribution in [3.63, 3.8) is 0 Å². The molecule has 0 aromatic heterocycles. The molecule has 5 heterocycles. The number of hydrogen-bond donors (Lipinski definition) is 1. The van der Waals surface area contributed by atoms with Crippen molar-refractivity contribution in [3.8, 4) is 64.2 Å². The molecule has 49 heteroatoms. The summed E-state index contributed by atoms with van der Waals surface area (Å²) in [6.45, 7) is 21.8. The number of rotatable bonds is 26. The standard InChI is InChI=1S/C21H23Cl2N3O3S.C21H22Cl2N2O4S.C18H19Cl2N3O5S.C18H19Cl2N3O4S2.C18H17Cl2N3O3S/c1-15(2)25-8-3-9-26(11-10-25)30(27,28)21-12-16(14-24)4-7-19(21)29-20-13-17(22)5-6-18(20)23;1-21(2,26)15-7-9-25(10-8-15)30(27,28)20-11-14(13-24)3-6-18(20)29-19-12-16(22)4-5-17(19)23;2*1-2-21-7-9-22(10-8-21)29(26,27)18-12-14(23(24)25)4-6-16(18)28-17-11-13(19)3-5-15(17)20;1-22-6-8-23(9-7-22)27(24,25)18-10-13(12-21)2-5-16(18)26-17-11-14(19)3-4-15(17)20/h4-7,12-13,15H,3,8-11H2,1-2H3;3-6,11-12,15,26H,7-10H2,1-2H3;2*3-6,11-12H,2,7-10H2,1H3;2-5,10-11H,6-9H2,1H3. The summed E-state index contributed by atoms with van der Waals surface area (Å²) < 4.78 is 163. The lowest BCUT2D eigenvalue weighted by Gasteiger charge is -2.37. The number of halogens is 10. The summed E-state index contributed by atoms with van der Waals surface area (Å²) in [5, 5.41) is 64.0. The first kappa shape index (κ1) is 117. The van der Waals surface area contributed by atoms with Crippen molar-refractivity contribution >= 4 is 189 Å². The minimum absolute atomic E-state index is 0.00961. The van der Waals surface area contributed by atoms with E-state index in [-0.39, 0.29) is 141 Å². The zero-order valence-corrected chi connectivity index (χ0v) is 91.5. The van der Waals surface area contributed by atoms with Crippen LogP contribution in [0.2, 0.25) is 50.2 Å². The zero-order valence-electron chi connectivity index (χ0n) is 79.0. The van der Waals surface area contributed by atoms with Crippen LogP contribution in [0.25, 0.3) is 0 Å². The highest BCUT2D eigenvalue weighted by Crippen LogP contribution is 2.46. The highest BCUT2D eigenvalue weighted by Gasteiger charge is 2.40. The van der Waals surface area contributed by atoms with Gasteiger partial charge in [-0.1, -0.05) is 142 Å². The Labute approximate surface area is 898 Å². The zero-order chi connectivity index (χ0) is 106. The Morgan fingerprint density at radius 2 is 0.669 bits per heavy atom. The molecule has 10 aromatic rings. The van der Waals surface area contributed by atoms with Crippen LogP contribution in [0.5, 0.6) is 46.0 Å². The van der Waals surface area contributed by atoms with Gasteiger partial charge in [0.2, 0.25) is 50.1 Å². The van der Waals surface area contributed by atoms with E-state index in [9.17, 15) is 83.2 Å². The second kappa shape index (κ2) is 51.7. The quantitative estimate of drug-likeness (QED) is 0.0388. The molecular weight excluding hydrogens is 2200 g/mol. The summed E-state index contributed by atoms with van der Waals surface area (Å²) in [4.78, 5) is 30.1. The van der Waals surface area contributed by atoms with Crippen molar-refractivity contribution < 1.29 is 76.0 Å². The van der Waals surface area contributed by atoms with Gasteiger partial charge in [-0.05, 0) is 213 Å². The van der Waals surface area contributed by atoms with Gasteiger partial charge in [-0.25, -0.2) is 42.1 Å². The van der Waals surface area contributed by atoms with E-state index in [0.29, 0.717) is 154 Å². The predicted molar refractivity (Wildman–Crippen MR) is 562 cm³/mol. The summed E-state index contributed by atoms with van der Waals surface area (Å²) in [7, 11) is -17.7. The lowest BCUT2D eigenvalue weighted by molar-refractivity contribution is -0.385. The fraction of sp³-hybridized carbons (Fsp3) is 0.344. The lowest BCUT2D eigenvalue weighted by Crippen LogP contribution is -2.48. The van der Waals surface area contributed by atoms with Crippen LogP contribution in [-0.2, 0) is 50.1 Å². The third-order valence-electron chi connectivity index (χ3n) is 23.8. The lowest BCUT2D eigenvalue weighted by atomic mass is 9.84. The van der Waals surface area contributed by atoms with Crippen LogP contribution >= 0.6 is 128 Å². The number of aliphatic hydroxyl groups is 1. The predicted octanol–water partition coefficient (Wildman–Crippen LogP) is 21.6. The van der Waals surface area contributed by atoms with Gasteiger partial charge in [0.25, 0.3) is 11.4 Å². The monoisotopic (exact) mass is 2290 g/mol. The van der Waals surface area contributed by atoms with E-state index in [1.54, 1.807) is 74.5 Å². The van der Waals surface area contributed by atoms with Gasteiger partial charge in [0.15, 0.2) is 0 Å². The van der Waals surface area contributed by atoms with Crippen molar-refractivity contribution in [2.75, 3.05) is 138 Å². The molecule has 0 amide bonds. The number of nitro groups is 2. The maximum Gasteiger partial charge on any atom is 0.271 e. The molecule has 0 unspecified atom stereocenters. The number of nitrogens with zero attached hydrogens (tertiary/aromatic N) is 14. The topological polar surface area (TPSA) is 415 Å². The first-order chi connectivity index (χ1) is 68.5. The number of non-ortho nitro benzene ring substituents is 2. The number of likely N-dealkylation sites (N-methyl/N-ethyl adjacent to an activating group) is 3. The molecule has 1 N–H and O–H groups in total. The first-order valence-corrected chi connectivity index (χ1v) is 56.7. The van der Waals surface area contributed by atoms with Crippen LogP contribution in [0, 0.1) is 60.1 Å². The van der Waals surface area contributed by atoms with Crippen molar-refractivity contribution in [2.45, 2.75) is 107 Å². The van der Waals surface area contributed by atoms with Crippen molar-refractivity contribution in [3.05, 3.63) is 269 Å². The summed E-state index contributed by atoms with van der Waals surface area (Å²) in [5.41, 5.74) is -0.833. The van der Waals surface area contributed by atoms with Gasteiger partial charge in [-0.15, -0.1) is 0 Å². The molecule has 0 radical (unpaired) electrons. The molecule has 0 aliphatic carbocycles. The molecule has 5 fully saturated rings. The van der Waals surface area contributed by atoms with Gasteiger partial charge in [0.1, 0.15) is 70.5 Å². The van der Waals surface area contributed by atoms with Gasteiger partial charge >= 0.3 is 0 Å². The Morgan fingerprint density at radius 3 is 1.01 bits per heavy atom. The molecule has 5 saturated heterocycles. The minimum atomic E-state index is -4.02. The number of sulfonamides is 5. The second-order valence-electron chi connectivity index (χ2n) is 34.1. The summed E-state index contributed by atoms with van der Waals surface area (Å²) in [6, 6.07) is 49.8. The maximum absolute atomic E-state index is 13.5. The van der Waals surface area contributed by atoms with E-state index in [0.717, 1.165) is 49.9 Å². The maximum atomic E-state index is 13.5. The van der Waals surface area contributed by atoms with Crippen molar-refractivity contribution in [1.82, 2.24) is 41.1 Å². The third kappa shape index (κ3) is 30.6. The van der Waals surface area contributed by atoms with Crippen LogP contribution in [0.4, 0.5) is 11.4 Å². The molecule has 145 heavy (non-hydrogen) atoms. The Morgan fingerprint density at radius 1 is 0.372 bits per heavy atom. The largest absolute Gasteiger partial charge is 0.454 e. The smallest absolute Gasteiger partial charge is 0.271 e. The summed E-state index contributed by atoms with van der Waals surface area (Å²) in [6.07, 6.45) is 1.81. The van der Waals surface area contributed by atoms with E-state index < -0.39 is 65.6 Å².